The van der Waals surface area contributed by atoms with E-state index in [1.165, 1.54) is 44.9 Å². The van der Waals surface area contributed by atoms with Gasteiger partial charge < -0.3 is 10.6 Å². The number of nitrogens with zero attached hydrogens (tertiary/aromatic N) is 2. The summed E-state index contributed by atoms with van der Waals surface area (Å²) in [6, 6.07) is 2.57. The van der Waals surface area contributed by atoms with Gasteiger partial charge >= 0.3 is 0 Å². The average molecular weight is 401 g/mol. The highest BCUT2D eigenvalue weighted by atomic mass is 16.2. The molecule has 2 amide bonds. The van der Waals surface area contributed by atoms with Crippen LogP contribution in [0.2, 0.25) is 0 Å². The SMILES string of the molecule is O=C(CC1CCCC1)NC1CCC(C(=O)Nc2ccnn2C2CCCCC2)CC1. The number of hydrogen-bond acceptors (Lipinski definition) is 3. The van der Waals surface area contributed by atoms with Crippen LogP contribution in [0.5, 0.6) is 0 Å². The number of aromatic nitrogens is 2. The predicted molar refractivity (Wildman–Crippen MR) is 113 cm³/mol. The van der Waals surface area contributed by atoms with Crippen LogP contribution in [0.3, 0.4) is 0 Å². The zero-order valence-electron chi connectivity index (χ0n) is 17.6. The van der Waals surface area contributed by atoms with Crippen LogP contribution in [-0.4, -0.2) is 27.6 Å². The molecule has 0 aromatic carbocycles. The summed E-state index contributed by atoms with van der Waals surface area (Å²) in [6.45, 7) is 0. The van der Waals surface area contributed by atoms with Crippen molar-refractivity contribution >= 4 is 17.6 Å². The van der Waals surface area contributed by atoms with E-state index in [1.807, 2.05) is 10.7 Å². The fraction of sp³-hybridized carbons (Fsp3) is 0.783. The van der Waals surface area contributed by atoms with Crippen LogP contribution < -0.4 is 10.6 Å². The average Bonchev–Trinajstić information content (AvgIpc) is 3.41. The summed E-state index contributed by atoms with van der Waals surface area (Å²) in [5.41, 5.74) is 0. The van der Waals surface area contributed by atoms with E-state index < -0.39 is 0 Å². The Hall–Kier alpha value is -1.85. The Bertz CT molecular complexity index is 681. The van der Waals surface area contributed by atoms with Gasteiger partial charge in [-0.05, 0) is 57.3 Å². The van der Waals surface area contributed by atoms with Crippen molar-refractivity contribution in [1.29, 1.82) is 0 Å². The highest BCUT2D eigenvalue weighted by Crippen LogP contribution is 2.31. The lowest BCUT2D eigenvalue weighted by molar-refractivity contribution is -0.123. The molecule has 3 fully saturated rings. The van der Waals surface area contributed by atoms with Crippen molar-refractivity contribution in [3.63, 3.8) is 0 Å². The second-order valence-corrected chi connectivity index (χ2v) is 9.41. The van der Waals surface area contributed by atoms with Gasteiger partial charge in [0, 0.05) is 24.4 Å². The Kier molecular flexibility index (Phi) is 6.88. The van der Waals surface area contributed by atoms with Crippen molar-refractivity contribution < 1.29 is 9.59 Å². The number of nitrogens with one attached hydrogen (secondary N) is 2. The molecule has 29 heavy (non-hydrogen) atoms. The predicted octanol–water partition coefficient (Wildman–Crippen LogP) is 4.58. The molecule has 3 aliphatic carbocycles. The molecular weight excluding hydrogens is 364 g/mol. The number of anilines is 1. The Morgan fingerprint density at radius 2 is 1.62 bits per heavy atom. The lowest BCUT2D eigenvalue weighted by Crippen LogP contribution is -2.40. The smallest absolute Gasteiger partial charge is 0.228 e. The lowest BCUT2D eigenvalue weighted by atomic mass is 9.85. The third-order valence-electron chi connectivity index (χ3n) is 7.25. The molecule has 0 saturated heterocycles. The number of hydrogen-bond donors (Lipinski definition) is 2. The summed E-state index contributed by atoms with van der Waals surface area (Å²) in [7, 11) is 0. The summed E-state index contributed by atoms with van der Waals surface area (Å²) < 4.78 is 2.02. The zero-order chi connectivity index (χ0) is 20.1. The van der Waals surface area contributed by atoms with Crippen molar-refractivity contribution in [2.24, 2.45) is 11.8 Å². The summed E-state index contributed by atoms with van der Waals surface area (Å²) in [5, 5.41) is 10.8. The van der Waals surface area contributed by atoms with Crippen molar-refractivity contribution in [1.82, 2.24) is 15.1 Å². The first kappa shape index (κ1) is 20.4. The summed E-state index contributed by atoms with van der Waals surface area (Å²) >= 11 is 0. The van der Waals surface area contributed by atoms with Crippen LogP contribution in [0, 0.1) is 11.8 Å². The Balaban J connectivity index is 1.22. The standard InChI is InChI=1S/C23H36N4O2/c28-22(16-17-6-4-5-7-17)25-19-12-10-18(11-13-19)23(29)26-21-14-15-24-27(21)20-8-2-1-3-9-20/h14-15,17-20H,1-13,16H2,(H,25,28)(H,26,29). The molecule has 1 heterocycles. The first-order valence-electron chi connectivity index (χ1n) is 11.8. The Labute approximate surface area is 174 Å². The second-order valence-electron chi connectivity index (χ2n) is 9.41. The van der Waals surface area contributed by atoms with Crippen LogP contribution in [0.25, 0.3) is 0 Å². The van der Waals surface area contributed by atoms with E-state index in [9.17, 15) is 9.59 Å². The van der Waals surface area contributed by atoms with E-state index in [-0.39, 0.29) is 23.8 Å². The number of carbonyl (C=O) groups is 2. The van der Waals surface area contributed by atoms with Gasteiger partial charge in [0.2, 0.25) is 11.8 Å². The van der Waals surface area contributed by atoms with Gasteiger partial charge in [0.1, 0.15) is 5.82 Å². The molecule has 1 aromatic heterocycles. The Morgan fingerprint density at radius 1 is 0.931 bits per heavy atom. The minimum atomic E-state index is 0.0349. The monoisotopic (exact) mass is 400 g/mol. The van der Waals surface area contributed by atoms with Gasteiger partial charge in [-0.3, -0.25) is 9.59 Å². The van der Waals surface area contributed by atoms with Crippen LogP contribution in [0.15, 0.2) is 12.3 Å². The zero-order valence-corrected chi connectivity index (χ0v) is 17.6. The van der Waals surface area contributed by atoms with Crippen molar-refractivity contribution in [3.8, 4) is 0 Å². The van der Waals surface area contributed by atoms with Gasteiger partial charge in [0.05, 0.1) is 12.2 Å². The molecular formula is C23H36N4O2. The van der Waals surface area contributed by atoms with Gasteiger partial charge in [-0.25, -0.2) is 4.68 Å². The van der Waals surface area contributed by atoms with Gasteiger partial charge in [0.25, 0.3) is 0 Å². The maximum atomic E-state index is 12.8. The molecule has 0 bridgehead atoms. The number of amides is 2. The lowest BCUT2D eigenvalue weighted by Gasteiger charge is -2.29. The molecule has 0 radical (unpaired) electrons. The molecule has 6 nitrogen and oxygen atoms in total. The maximum absolute atomic E-state index is 12.8. The quantitative estimate of drug-likeness (QED) is 0.734. The van der Waals surface area contributed by atoms with E-state index >= 15 is 0 Å². The fourth-order valence-corrected chi connectivity index (χ4v) is 5.52. The highest BCUT2D eigenvalue weighted by Gasteiger charge is 2.29. The number of rotatable bonds is 6. The molecule has 6 heteroatoms. The van der Waals surface area contributed by atoms with Gasteiger partial charge in [-0.15, -0.1) is 0 Å². The van der Waals surface area contributed by atoms with Gasteiger partial charge in [-0.2, -0.15) is 5.10 Å². The van der Waals surface area contributed by atoms with E-state index in [0.29, 0.717) is 18.4 Å². The molecule has 4 rings (SSSR count). The third kappa shape index (κ3) is 5.40. The second kappa shape index (κ2) is 9.77. The summed E-state index contributed by atoms with van der Waals surface area (Å²) in [4.78, 5) is 25.1. The van der Waals surface area contributed by atoms with Crippen molar-refractivity contribution in [2.75, 3.05) is 5.32 Å². The molecule has 3 aliphatic rings. The highest BCUT2D eigenvalue weighted by molar-refractivity contribution is 5.91. The van der Waals surface area contributed by atoms with E-state index in [0.717, 1.165) is 44.3 Å². The van der Waals surface area contributed by atoms with Crippen molar-refractivity contribution in [3.05, 3.63) is 12.3 Å². The molecule has 160 valence electrons. The molecule has 3 saturated carbocycles. The van der Waals surface area contributed by atoms with E-state index in [2.05, 4.69) is 15.7 Å². The minimum absolute atomic E-state index is 0.0349. The van der Waals surface area contributed by atoms with Gasteiger partial charge in [-0.1, -0.05) is 32.1 Å². The molecule has 0 spiro atoms. The number of carbonyl (C=O) groups excluding carboxylic acids is 2. The first-order valence-corrected chi connectivity index (χ1v) is 11.8. The van der Waals surface area contributed by atoms with Crippen LogP contribution in [0.1, 0.15) is 95.9 Å². The first-order chi connectivity index (χ1) is 14.2. The van der Waals surface area contributed by atoms with E-state index in [4.69, 9.17) is 0 Å². The topological polar surface area (TPSA) is 76.0 Å². The van der Waals surface area contributed by atoms with Crippen LogP contribution >= 0.6 is 0 Å². The third-order valence-corrected chi connectivity index (χ3v) is 7.25. The molecule has 2 N–H and O–H groups in total. The minimum Gasteiger partial charge on any atom is -0.353 e. The van der Waals surface area contributed by atoms with Crippen LogP contribution in [-0.2, 0) is 9.59 Å². The largest absolute Gasteiger partial charge is 0.353 e. The Morgan fingerprint density at radius 3 is 2.34 bits per heavy atom. The summed E-state index contributed by atoms with van der Waals surface area (Å²) in [5.74, 6) is 1.78. The van der Waals surface area contributed by atoms with Gasteiger partial charge in [0.15, 0.2) is 0 Å². The summed E-state index contributed by atoms with van der Waals surface area (Å²) in [6.07, 6.45) is 17.0. The van der Waals surface area contributed by atoms with Crippen molar-refractivity contribution in [2.45, 2.75) is 102 Å². The molecule has 0 unspecified atom stereocenters. The molecule has 0 atom stereocenters. The van der Waals surface area contributed by atoms with E-state index in [1.54, 1.807) is 6.20 Å². The maximum Gasteiger partial charge on any atom is 0.228 e. The normalized spacial score (nSPS) is 26.3. The molecule has 0 aliphatic heterocycles. The molecule has 1 aromatic rings. The van der Waals surface area contributed by atoms with Crippen LogP contribution in [0.4, 0.5) is 5.82 Å². The fourth-order valence-electron chi connectivity index (χ4n) is 5.52.